The minimum absolute atomic E-state index is 0.117. The Bertz CT molecular complexity index is 1640. The Hall–Kier alpha value is -3.16. The number of carbonyl (C=O) groups is 2. The second-order valence-electron chi connectivity index (χ2n) is 22.8. The van der Waals surface area contributed by atoms with Gasteiger partial charge in [-0.2, -0.15) is 0 Å². The lowest BCUT2D eigenvalue weighted by atomic mass is 9.99. The van der Waals surface area contributed by atoms with Gasteiger partial charge in [-0.05, 0) is 96.3 Å². The van der Waals surface area contributed by atoms with Gasteiger partial charge in [-0.3, -0.25) is 9.59 Å². The van der Waals surface area contributed by atoms with E-state index in [4.69, 9.17) is 14.2 Å². The van der Waals surface area contributed by atoms with Crippen molar-refractivity contribution in [2.24, 2.45) is 0 Å². The Labute approximate surface area is 495 Å². The molecule has 0 radical (unpaired) electrons. The fourth-order valence-corrected chi connectivity index (χ4v) is 10.0. The van der Waals surface area contributed by atoms with Crippen LogP contribution in [0.1, 0.15) is 284 Å². The van der Waals surface area contributed by atoms with Crippen LogP contribution in [-0.4, -0.2) is 99.6 Å². The summed E-state index contributed by atoms with van der Waals surface area (Å²) >= 11 is 0. The van der Waals surface area contributed by atoms with Crippen LogP contribution < -0.4 is 5.32 Å². The van der Waals surface area contributed by atoms with Gasteiger partial charge in [0.25, 0.3) is 0 Å². The maximum absolute atomic E-state index is 13.4. The van der Waals surface area contributed by atoms with Gasteiger partial charge in [0.15, 0.2) is 12.4 Å². The molecule has 8 unspecified atom stereocenters. The first-order chi connectivity index (χ1) is 39.7. The summed E-state index contributed by atoms with van der Waals surface area (Å²) in [5.41, 5.74) is 0. The highest BCUT2D eigenvalue weighted by Gasteiger charge is 2.47. The summed E-state index contributed by atoms with van der Waals surface area (Å²) < 4.78 is 17.6. The molecule has 1 fully saturated rings. The van der Waals surface area contributed by atoms with Gasteiger partial charge in [-0.1, -0.05) is 266 Å². The van der Waals surface area contributed by atoms with Crippen LogP contribution in [0.2, 0.25) is 0 Å². The SMILES string of the molecule is CC/C=C/C/C=C/C/C=C/CCCCCC(O)C(=O)NC(COC1OC(CO)C(O)C(O)C1OC(=O)CCCCCCCCCCCCCCCC/C=C\C/C=C\C/C=C\CCCCC)C(O)/C=C/CCCCCCCCCCCC. The Balaban J connectivity index is 2.56. The molecule has 468 valence electrons. The summed E-state index contributed by atoms with van der Waals surface area (Å²) in [6, 6.07) is -1.04. The molecule has 1 aliphatic rings. The zero-order valence-corrected chi connectivity index (χ0v) is 51.9. The van der Waals surface area contributed by atoms with Crippen molar-refractivity contribution in [1.29, 1.82) is 0 Å². The first-order valence-corrected chi connectivity index (χ1v) is 33.4. The number of nitrogens with one attached hydrogen (secondary N) is 1. The Kier molecular flexibility index (Phi) is 53.6. The van der Waals surface area contributed by atoms with Crippen LogP contribution in [0.5, 0.6) is 0 Å². The maximum atomic E-state index is 13.4. The summed E-state index contributed by atoms with van der Waals surface area (Å²) in [4.78, 5) is 26.6. The number of unbranched alkanes of at least 4 members (excludes halogenated alkanes) is 30. The van der Waals surface area contributed by atoms with Gasteiger partial charge in [0, 0.05) is 6.42 Å². The van der Waals surface area contributed by atoms with E-state index in [0.29, 0.717) is 12.8 Å². The molecule has 0 bridgehead atoms. The van der Waals surface area contributed by atoms with Gasteiger partial charge in [-0.25, -0.2) is 0 Å². The zero-order valence-electron chi connectivity index (χ0n) is 51.9. The fraction of sp³-hybridized carbons (Fsp3) is 0.771. The lowest BCUT2D eigenvalue weighted by Crippen LogP contribution is -2.61. The quantitative estimate of drug-likeness (QED) is 0.0195. The highest BCUT2D eigenvalue weighted by molar-refractivity contribution is 5.80. The summed E-state index contributed by atoms with van der Waals surface area (Å²) in [7, 11) is 0. The molecule has 8 atom stereocenters. The minimum atomic E-state index is -1.62. The van der Waals surface area contributed by atoms with Crippen LogP contribution in [0.15, 0.2) is 85.1 Å². The molecule has 0 aromatic rings. The molecule has 81 heavy (non-hydrogen) atoms. The fourth-order valence-electron chi connectivity index (χ4n) is 10.0. The first-order valence-electron chi connectivity index (χ1n) is 33.4. The molecular weight excluding hydrogens is 1010 g/mol. The monoisotopic (exact) mass is 1140 g/mol. The number of carbonyl (C=O) groups excluding carboxylic acids is 2. The Morgan fingerprint density at radius 1 is 0.494 bits per heavy atom. The number of esters is 1. The molecule has 1 rings (SSSR count). The smallest absolute Gasteiger partial charge is 0.306 e. The van der Waals surface area contributed by atoms with Crippen LogP contribution in [0.25, 0.3) is 0 Å². The second kappa shape index (κ2) is 57.3. The number of rotatable bonds is 56. The van der Waals surface area contributed by atoms with Crippen molar-refractivity contribution in [3.05, 3.63) is 85.1 Å². The average Bonchev–Trinajstić information content (AvgIpc) is 3.50. The number of allylic oxidation sites excluding steroid dienone is 13. The summed E-state index contributed by atoms with van der Waals surface area (Å²) in [6.45, 7) is 5.64. The second-order valence-corrected chi connectivity index (χ2v) is 22.8. The van der Waals surface area contributed by atoms with Crippen molar-refractivity contribution in [3.8, 4) is 0 Å². The van der Waals surface area contributed by atoms with E-state index in [1.165, 1.54) is 148 Å². The third-order valence-corrected chi connectivity index (χ3v) is 15.3. The third-order valence-electron chi connectivity index (χ3n) is 15.3. The van der Waals surface area contributed by atoms with Crippen LogP contribution in [0, 0.1) is 0 Å². The molecular formula is C70H123NO10. The van der Waals surface area contributed by atoms with Gasteiger partial charge >= 0.3 is 5.97 Å². The molecule has 0 aromatic carbocycles. The Morgan fingerprint density at radius 3 is 1.36 bits per heavy atom. The van der Waals surface area contributed by atoms with E-state index < -0.39 is 67.4 Å². The molecule has 1 aliphatic heterocycles. The highest BCUT2D eigenvalue weighted by Crippen LogP contribution is 2.26. The van der Waals surface area contributed by atoms with E-state index in [1.54, 1.807) is 6.08 Å². The van der Waals surface area contributed by atoms with E-state index in [0.717, 1.165) is 89.9 Å². The lowest BCUT2D eigenvalue weighted by molar-refractivity contribution is -0.305. The first kappa shape index (κ1) is 75.9. The number of hydrogen-bond donors (Lipinski definition) is 6. The van der Waals surface area contributed by atoms with Gasteiger partial charge < -0.3 is 45.1 Å². The lowest BCUT2D eigenvalue weighted by Gasteiger charge is -2.41. The molecule has 0 aliphatic carbocycles. The van der Waals surface area contributed by atoms with Crippen LogP contribution in [0.4, 0.5) is 0 Å². The van der Waals surface area contributed by atoms with Gasteiger partial charge in [0.1, 0.15) is 24.4 Å². The number of hydrogen-bond acceptors (Lipinski definition) is 10. The Morgan fingerprint density at radius 2 is 0.889 bits per heavy atom. The molecule has 0 aromatic heterocycles. The summed E-state index contributed by atoms with van der Waals surface area (Å²) in [5, 5.41) is 57.0. The van der Waals surface area contributed by atoms with Crippen molar-refractivity contribution in [3.63, 3.8) is 0 Å². The molecule has 0 saturated carbocycles. The normalized spacial score (nSPS) is 19.2. The summed E-state index contributed by atoms with van der Waals surface area (Å²) in [6.07, 6.45) is 64.9. The minimum Gasteiger partial charge on any atom is -0.454 e. The standard InChI is InChI=1S/C70H123NO10/c1-4-7-10-13-16-19-22-25-26-27-28-29-30-31-32-33-34-35-36-37-38-40-43-46-49-52-55-58-65(75)81-68-67(77)66(76)64(59-72)80-70(68)79-60-61(62(73)56-53-50-47-44-41-24-21-18-15-12-9-6-3)71-69(78)63(74)57-54-51-48-45-42-39-23-20-17-14-11-8-5-2/h8,11,16-17,19-20,25-26,28-29,39,42,53,56,61-64,66-68,70,72-74,76-77H,4-7,9-10,12-15,18,21-24,27,30-38,40-41,43-52,54-55,57-60H2,1-3H3,(H,71,78)/b11-8+,19-16-,20-17+,26-25-,29-28-,42-39+,56-53+. The van der Waals surface area contributed by atoms with Crippen LogP contribution in [-0.2, 0) is 23.8 Å². The molecule has 0 spiro atoms. The van der Waals surface area contributed by atoms with Crippen molar-refractivity contribution < 1.29 is 49.3 Å². The molecule has 11 heteroatoms. The number of amides is 1. The van der Waals surface area contributed by atoms with Crippen molar-refractivity contribution >= 4 is 11.9 Å². The molecule has 6 N–H and O–H groups in total. The van der Waals surface area contributed by atoms with Gasteiger partial charge in [-0.15, -0.1) is 0 Å². The number of ether oxygens (including phenoxy) is 3. The van der Waals surface area contributed by atoms with Crippen molar-refractivity contribution in [1.82, 2.24) is 5.32 Å². The predicted octanol–water partition coefficient (Wildman–Crippen LogP) is 16.5. The topological polar surface area (TPSA) is 175 Å². The van der Waals surface area contributed by atoms with Crippen LogP contribution >= 0.6 is 0 Å². The maximum Gasteiger partial charge on any atom is 0.306 e. The number of aliphatic hydroxyl groups excluding tert-OH is 5. The molecule has 1 heterocycles. The van der Waals surface area contributed by atoms with E-state index in [-0.39, 0.29) is 19.4 Å². The van der Waals surface area contributed by atoms with Crippen molar-refractivity contribution in [2.45, 2.75) is 333 Å². The predicted molar refractivity (Wildman–Crippen MR) is 338 cm³/mol. The molecule has 1 saturated heterocycles. The zero-order chi connectivity index (χ0) is 58.9. The van der Waals surface area contributed by atoms with E-state index in [1.807, 2.05) is 6.08 Å². The van der Waals surface area contributed by atoms with Gasteiger partial charge in [0.2, 0.25) is 5.91 Å². The molecule has 1 amide bonds. The average molecular weight is 1140 g/mol. The van der Waals surface area contributed by atoms with Crippen molar-refractivity contribution in [2.75, 3.05) is 13.2 Å². The van der Waals surface area contributed by atoms with Crippen LogP contribution in [0.3, 0.4) is 0 Å². The van der Waals surface area contributed by atoms with E-state index >= 15 is 0 Å². The third kappa shape index (κ3) is 45.0. The van der Waals surface area contributed by atoms with E-state index in [9.17, 15) is 35.1 Å². The largest absolute Gasteiger partial charge is 0.454 e. The highest BCUT2D eigenvalue weighted by atomic mass is 16.7. The number of aliphatic hydroxyl groups is 5. The summed E-state index contributed by atoms with van der Waals surface area (Å²) in [5.74, 6) is -1.22. The molecule has 11 nitrogen and oxygen atoms in total. The van der Waals surface area contributed by atoms with E-state index in [2.05, 4.69) is 99.0 Å². The van der Waals surface area contributed by atoms with Gasteiger partial charge in [0.05, 0.1) is 25.4 Å².